The Balaban J connectivity index is 1.18. The Kier molecular flexibility index (Phi) is 7.08. The van der Waals surface area contributed by atoms with Crippen molar-refractivity contribution in [3.8, 4) is 0 Å². The van der Waals surface area contributed by atoms with Crippen molar-refractivity contribution in [1.82, 2.24) is 15.5 Å². The van der Waals surface area contributed by atoms with E-state index in [0.717, 1.165) is 32.0 Å². The highest BCUT2D eigenvalue weighted by atomic mass is 16.5. The molecule has 0 aromatic rings. The Labute approximate surface area is 179 Å². The molecule has 0 aromatic carbocycles. The second-order valence-electron chi connectivity index (χ2n) is 9.00. The van der Waals surface area contributed by atoms with E-state index in [9.17, 15) is 9.59 Å². The molecule has 2 bridgehead atoms. The fourth-order valence-electron chi connectivity index (χ4n) is 5.55. The van der Waals surface area contributed by atoms with Gasteiger partial charge in [-0.05, 0) is 44.4 Å². The van der Waals surface area contributed by atoms with Crippen LogP contribution in [0.3, 0.4) is 0 Å². The van der Waals surface area contributed by atoms with Crippen LogP contribution in [-0.4, -0.2) is 61.6 Å². The van der Waals surface area contributed by atoms with Crippen molar-refractivity contribution in [2.24, 2.45) is 28.7 Å². The van der Waals surface area contributed by atoms with Crippen LogP contribution in [0.2, 0.25) is 0 Å². The smallest absolute Gasteiger partial charge is 0.233 e. The lowest BCUT2D eigenvalue weighted by molar-refractivity contribution is -0.140. The third-order valence-corrected chi connectivity index (χ3v) is 7.01. The molecule has 2 amide bonds. The summed E-state index contributed by atoms with van der Waals surface area (Å²) in [6.45, 7) is 5.17. The van der Waals surface area contributed by atoms with Gasteiger partial charge in [0.25, 0.3) is 0 Å². The maximum absolute atomic E-state index is 12.7. The summed E-state index contributed by atoms with van der Waals surface area (Å²) in [5, 5.41) is 6.50. The summed E-state index contributed by atoms with van der Waals surface area (Å²) in [5.74, 6) is 1.08. The van der Waals surface area contributed by atoms with Crippen LogP contribution >= 0.6 is 0 Å². The number of hydrogen-bond donors (Lipinski definition) is 2. The average molecular weight is 417 g/mol. The third-order valence-electron chi connectivity index (χ3n) is 7.01. The van der Waals surface area contributed by atoms with Gasteiger partial charge in [0.1, 0.15) is 0 Å². The van der Waals surface area contributed by atoms with Gasteiger partial charge < -0.3 is 15.4 Å². The molecule has 1 aliphatic heterocycles. The van der Waals surface area contributed by atoms with Crippen LogP contribution in [-0.2, 0) is 14.3 Å². The molecule has 3 fully saturated rings. The minimum atomic E-state index is -0.112. The van der Waals surface area contributed by atoms with Gasteiger partial charge in [0.15, 0.2) is 5.96 Å². The molecule has 0 aromatic heterocycles. The molecule has 4 aliphatic rings. The molecule has 30 heavy (non-hydrogen) atoms. The van der Waals surface area contributed by atoms with Crippen LogP contribution in [0.15, 0.2) is 17.1 Å². The predicted octanol–water partition coefficient (Wildman–Crippen LogP) is 2.09. The van der Waals surface area contributed by atoms with E-state index in [-0.39, 0.29) is 35.5 Å². The Morgan fingerprint density at radius 1 is 1.10 bits per heavy atom. The zero-order valence-electron chi connectivity index (χ0n) is 18.1. The largest absolute Gasteiger partial charge is 0.378 e. The summed E-state index contributed by atoms with van der Waals surface area (Å²) in [4.78, 5) is 31.6. The van der Waals surface area contributed by atoms with Crippen molar-refractivity contribution in [1.29, 1.82) is 0 Å². The van der Waals surface area contributed by atoms with Gasteiger partial charge in [-0.2, -0.15) is 0 Å². The standard InChI is InChI=1S/C23H36N4O3/c1-2-24-23(25-11-6-14-30-18-7-4-3-5-8-18)26-12-13-27-21(28)19-16-9-10-17(15-16)20(19)22(27)29/h9-10,16-20H,2-8,11-15H2,1H3,(H2,24,25,26). The summed E-state index contributed by atoms with van der Waals surface area (Å²) in [6, 6.07) is 0. The summed E-state index contributed by atoms with van der Waals surface area (Å²) in [6.07, 6.45) is 12.9. The number of allylic oxidation sites excluding steroid dienone is 2. The van der Waals surface area contributed by atoms with E-state index in [1.54, 1.807) is 0 Å². The SMILES string of the molecule is CCNC(=NCCCOC1CCCCC1)NCCN1C(=O)C2C3C=CC(C3)C2C1=O. The van der Waals surface area contributed by atoms with Gasteiger partial charge in [-0.15, -0.1) is 0 Å². The number of carbonyl (C=O) groups excluding carboxylic acids is 2. The average Bonchev–Trinajstić information content (AvgIpc) is 3.44. The topological polar surface area (TPSA) is 83.0 Å². The Morgan fingerprint density at radius 3 is 2.47 bits per heavy atom. The van der Waals surface area contributed by atoms with Gasteiger partial charge in [-0.3, -0.25) is 19.5 Å². The second kappa shape index (κ2) is 9.94. The number of nitrogens with zero attached hydrogens (tertiary/aromatic N) is 2. The van der Waals surface area contributed by atoms with Crippen molar-refractivity contribution >= 4 is 17.8 Å². The monoisotopic (exact) mass is 416 g/mol. The van der Waals surface area contributed by atoms with E-state index in [1.807, 2.05) is 6.92 Å². The Hall–Kier alpha value is -1.89. The van der Waals surface area contributed by atoms with E-state index in [1.165, 1.54) is 37.0 Å². The van der Waals surface area contributed by atoms with Gasteiger partial charge in [-0.25, -0.2) is 0 Å². The third kappa shape index (κ3) is 4.56. The van der Waals surface area contributed by atoms with Gasteiger partial charge in [0, 0.05) is 32.8 Å². The molecular formula is C23H36N4O3. The molecule has 7 nitrogen and oxygen atoms in total. The van der Waals surface area contributed by atoms with E-state index >= 15 is 0 Å². The molecule has 3 aliphatic carbocycles. The lowest BCUT2D eigenvalue weighted by Crippen LogP contribution is -2.43. The lowest BCUT2D eigenvalue weighted by atomic mass is 9.85. The molecule has 4 atom stereocenters. The number of aliphatic imine (C=N–C) groups is 1. The number of ether oxygens (including phenoxy) is 1. The van der Waals surface area contributed by atoms with E-state index in [4.69, 9.17) is 4.74 Å². The molecule has 0 spiro atoms. The van der Waals surface area contributed by atoms with Gasteiger partial charge in [-0.1, -0.05) is 31.4 Å². The fourth-order valence-corrected chi connectivity index (χ4v) is 5.55. The fraction of sp³-hybridized carbons (Fsp3) is 0.783. The summed E-state index contributed by atoms with van der Waals surface area (Å²) >= 11 is 0. The van der Waals surface area contributed by atoms with Crippen LogP contribution in [0.25, 0.3) is 0 Å². The quantitative estimate of drug-likeness (QED) is 0.198. The van der Waals surface area contributed by atoms with Crippen molar-refractivity contribution in [2.75, 3.05) is 32.8 Å². The van der Waals surface area contributed by atoms with Gasteiger partial charge in [0.05, 0.1) is 17.9 Å². The number of nitrogens with one attached hydrogen (secondary N) is 2. The van der Waals surface area contributed by atoms with E-state index in [2.05, 4.69) is 27.8 Å². The maximum atomic E-state index is 12.7. The van der Waals surface area contributed by atoms with Crippen molar-refractivity contribution in [3.63, 3.8) is 0 Å². The molecule has 2 N–H and O–H groups in total. The molecule has 4 unspecified atom stereocenters. The van der Waals surface area contributed by atoms with Crippen LogP contribution < -0.4 is 10.6 Å². The zero-order chi connectivity index (χ0) is 20.9. The van der Waals surface area contributed by atoms with Crippen LogP contribution in [0.4, 0.5) is 0 Å². The number of hydrogen-bond acceptors (Lipinski definition) is 4. The molecule has 2 saturated carbocycles. The van der Waals surface area contributed by atoms with Gasteiger partial charge >= 0.3 is 0 Å². The molecule has 0 radical (unpaired) electrons. The van der Waals surface area contributed by atoms with Crippen molar-refractivity contribution in [2.45, 2.75) is 58.0 Å². The number of likely N-dealkylation sites (tertiary alicyclic amines) is 1. The number of fused-ring (bicyclic) bond motifs is 5. The molecule has 166 valence electrons. The van der Waals surface area contributed by atoms with Crippen LogP contribution in [0.1, 0.15) is 51.9 Å². The minimum absolute atomic E-state index is 0.0189. The Bertz CT molecular complexity index is 656. The zero-order valence-corrected chi connectivity index (χ0v) is 18.1. The van der Waals surface area contributed by atoms with E-state index < -0.39 is 0 Å². The predicted molar refractivity (Wildman–Crippen MR) is 116 cm³/mol. The highest BCUT2D eigenvalue weighted by Crippen LogP contribution is 2.52. The highest BCUT2D eigenvalue weighted by Gasteiger charge is 2.58. The normalized spacial score (nSPS) is 31.0. The number of carbonyl (C=O) groups is 2. The first kappa shape index (κ1) is 21.3. The summed E-state index contributed by atoms with van der Waals surface area (Å²) in [7, 11) is 0. The van der Waals surface area contributed by atoms with E-state index in [0.29, 0.717) is 25.7 Å². The van der Waals surface area contributed by atoms with Crippen molar-refractivity contribution in [3.05, 3.63) is 12.2 Å². The number of amides is 2. The number of guanidine groups is 1. The molecule has 4 rings (SSSR count). The minimum Gasteiger partial charge on any atom is -0.378 e. The van der Waals surface area contributed by atoms with Crippen LogP contribution in [0, 0.1) is 23.7 Å². The summed E-state index contributed by atoms with van der Waals surface area (Å²) in [5.41, 5.74) is 0. The number of rotatable bonds is 9. The van der Waals surface area contributed by atoms with Gasteiger partial charge in [0.2, 0.25) is 11.8 Å². The first-order valence-corrected chi connectivity index (χ1v) is 11.9. The molecule has 1 saturated heterocycles. The molecule has 7 heteroatoms. The first-order chi connectivity index (χ1) is 14.7. The summed E-state index contributed by atoms with van der Waals surface area (Å²) < 4.78 is 5.96. The maximum Gasteiger partial charge on any atom is 0.233 e. The molecular weight excluding hydrogens is 380 g/mol. The second-order valence-corrected chi connectivity index (χ2v) is 9.00. The number of imide groups is 1. The highest BCUT2D eigenvalue weighted by molar-refractivity contribution is 6.06. The van der Waals surface area contributed by atoms with Crippen molar-refractivity contribution < 1.29 is 14.3 Å². The molecule has 1 heterocycles. The Morgan fingerprint density at radius 2 is 1.80 bits per heavy atom. The van der Waals surface area contributed by atoms with Crippen LogP contribution in [0.5, 0.6) is 0 Å². The lowest BCUT2D eigenvalue weighted by Gasteiger charge is -2.21. The first-order valence-electron chi connectivity index (χ1n) is 11.9.